The summed E-state index contributed by atoms with van der Waals surface area (Å²) in [5.41, 5.74) is 2.55. The highest BCUT2D eigenvalue weighted by Gasteiger charge is 2.34. The van der Waals surface area contributed by atoms with E-state index in [1.54, 1.807) is 37.4 Å². The van der Waals surface area contributed by atoms with Crippen LogP contribution in [0.15, 0.2) is 54.7 Å². The number of carbonyl (C=O) groups excluding carboxylic acids is 2. The minimum absolute atomic E-state index is 0.0502. The van der Waals surface area contributed by atoms with Gasteiger partial charge in [-0.1, -0.05) is 13.8 Å². The quantitative estimate of drug-likeness (QED) is 0.584. The lowest BCUT2D eigenvalue weighted by molar-refractivity contribution is -0.137. The second kappa shape index (κ2) is 9.91. The van der Waals surface area contributed by atoms with Gasteiger partial charge in [0.15, 0.2) is 0 Å². The number of methoxy groups -OCH3 is 2. The Balaban J connectivity index is 0.00000141. The average molecular weight is 437 g/mol. The highest BCUT2D eigenvalue weighted by molar-refractivity contribution is 6.34. The second-order valence-corrected chi connectivity index (χ2v) is 6.63. The topological polar surface area (TPSA) is 84.5 Å². The van der Waals surface area contributed by atoms with Crippen molar-refractivity contribution in [3.63, 3.8) is 0 Å². The number of nitrogens with zero attached hydrogens (tertiary/aromatic N) is 2. The van der Waals surface area contributed by atoms with Crippen LogP contribution in [0.4, 0.5) is 4.39 Å². The minimum Gasteiger partial charge on any atom is -0.497 e. The predicted octanol–water partition coefficient (Wildman–Crippen LogP) is 4.21. The highest BCUT2D eigenvalue weighted by Crippen LogP contribution is 2.33. The Labute approximate surface area is 185 Å². The number of ether oxygens (including phenoxy) is 2. The predicted molar refractivity (Wildman–Crippen MR) is 118 cm³/mol. The molecular formula is C24H24FN3O4. The van der Waals surface area contributed by atoms with Crippen molar-refractivity contribution < 1.29 is 23.5 Å². The number of rotatable bonds is 6. The molecule has 166 valence electrons. The Bertz CT molecular complexity index is 1150. The molecular weight excluding hydrogens is 413 g/mol. The van der Waals surface area contributed by atoms with Gasteiger partial charge in [0.1, 0.15) is 17.3 Å². The summed E-state index contributed by atoms with van der Waals surface area (Å²) in [7, 11) is 3.05. The van der Waals surface area contributed by atoms with Crippen molar-refractivity contribution in [1.82, 2.24) is 15.1 Å². The van der Waals surface area contributed by atoms with Gasteiger partial charge in [-0.05, 0) is 36.4 Å². The molecule has 0 atom stereocenters. The Kier molecular flexibility index (Phi) is 7.04. The first-order valence-electron chi connectivity index (χ1n) is 10.1. The lowest BCUT2D eigenvalue weighted by Gasteiger charge is -2.17. The number of benzene rings is 2. The van der Waals surface area contributed by atoms with Crippen LogP contribution in [0.5, 0.6) is 11.5 Å². The van der Waals surface area contributed by atoms with E-state index >= 15 is 0 Å². The third-order valence-corrected chi connectivity index (χ3v) is 4.89. The van der Waals surface area contributed by atoms with Gasteiger partial charge in [0.05, 0.1) is 38.2 Å². The normalized spacial score (nSPS) is 12.9. The van der Waals surface area contributed by atoms with Crippen LogP contribution >= 0.6 is 0 Å². The Morgan fingerprint density at radius 3 is 2.41 bits per heavy atom. The summed E-state index contributed by atoms with van der Waals surface area (Å²) in [6.45, 7) is 4.05. The zero-order valence-electron chi connectivity index (χ0n) is 18.3. The molecule has 0 radical (unpaired) electrons. The number of carbonyl (C=O) groups is 2. The zero-order chi connectivity index (χ0) is 23.3. The van der Waals surface area contributed by atoms with Crippen molar-refractivity contribution >= 4 is 17.4 Å². The van der Waals surface area contributed by atoms with Crippen molar-refractivity contribution in [3.05, 3.63) is 71.7 Å². The molecule has 1 aliphatic heterocycles. The number of hydrogen-bond donors (Lipinski definition) is 1. The van der Waals surface area contributed by atoms with Crippen LogP contribution in [0.3, 0.4) is 0 Å². The number of nitrogens with one attached hydrogen (secondary N) is 1. The molecule has 0 bridgehead atoms. The van der Waals surface area contributed by atoms with Crippen LogP contribution in [0, 0.1) is 5.82 Å². The number of halogens is 1. The summed E-state index contributed by atoms with van der Waals surface area (Å²) >= 11 is 0. The van der Waals surface area contributed by atoms with Crippen LogP contribution < -0.4 is 9.47 Å². The lowest BCUT2D eigenvalue weighted by Crippen LogP contribution is -2.30. The molecule has 1 aliphatic rings. The summed E-state index contributed by atoms with van der Waals surface area (Å²) in [6.07, 6.45) is 2.77. The van der Waals surface area contributed by atoms with Gasteiger partial charge in [-0.3, -0.25) is 19.6 Å². The fourth-order valence-electron chi connectivity index (χ4n) is 3.33. The number of aromatic nitrogens is 2. The molecule has 0 unspecified atom stereocenters. The van der Waals surface area contributed by atoms with Crippen LogP contribution in [0.2, 0.25) is 0 Å². The average Bonchev–Trinajstić information content (AvgIpc) is 3.41. The monoisotopic (exact) mass is 437 g/mol. The van der Waals surface area contributed by atoms with Gasteiger partial charge in [0.25, 0.3) is 11.8 Å². The maximum atomic E-state index is 13.3. The van der Waals surface area contributed by atoms with E-state index in [2.05, 4.69) is 10.2 Å². The van der Waals surface area contributed by atoms with E-state index in [-0.39, 0.29) is 17.9 Å². The Hall–Kier alpha value is -3.94. The number of imide groups is 1. The molecule has 2 heterocycles. The Morgan fingerprint density at radius 1 is 1.03 bits per heavy atom. The molecule has 32 heavy (non-hydrogen) atoms. The standard InChI is InChI=1S/C22H18FN3O4.C2H6/c1-29-16-8-5-14(19(9-16)30-2)12-26-20(27)10-17(22(26)28)18-11-24-25-21(18)13-3-6-15(23)7-4-13;1-2/h3-11H,12H2,1-2H3,(H,24,25);1-2H3. The number of hydrogen-bond acceptors (Lipinski definition) is 5. The van der Waals surface area contributed by atoms with Crippen LogP contribution in [0.25, 0.3) is 16.8 Å². The second-order valence-electron chi connectivity index (χ2n) is 6.63. The third kappa shape index (κ3) is 4.39. The van der Waals surface area contributed by atoms with Gasteiger partial charge in [-0.15, -0.1) is 0 Å². The first-order valence-corrected chi connectivity index (χ1v) is 10.1. The van der Waals surface area contributed by atoms with Crippen LogP contribution in [0.1, 0.15) is 25.0 Å². The molecule has 2 amide bonds. The van der Waals surface area contributed by atoms with E-state index in [0.717, 1.165) is 4.90 Å². The third-order valence-electron chi connectivity index (χ3n) is 4.89. The van der Waals surface area contributed by atoms with Gasteiger partial charge in [-0.25, -0.2) is 4.39 Å². The Morgan fingerprint density at radius 2 is 1.75 bits per heavy atom. The molecule has 1 N–H and O–H groups in total. The van der Waals surface area contributed by atoms with Gasteiger partial charge in [-0.2, -0.15) is 5.10 Å². The van der Waals surface area contributed by atoms with Crippen molar-refractivity contribution in [2.24, 2.45) is 0 Å². The van der Waals surface area contributed by atoms with Gasteiger partial charge in [0.2, 0.25) is 0 Å². The van der Waals surface area contributed by atoms with Crippen molar-refractivity contribution in [3.8, 4) is 22.8 Å². The summed E-state index contributed by atoms with van der Waals surface area (Å²) < 4.78 is 23.8. The fourth-order valence-corrected chi connectivity index (χ4v) is 3.33. The summed E-state index contributed by atoms with van der Waals surface area (Å²) in [6, 6.07) is 11.0. The number of aromatic amines is 1. The minimum atomic E-state index is -0.442. The van der Waals surface area contributed by atoms with Crippen LogP contribution in [-0.2, 0) is 16.1 Å². The molecule has 0 fully saturated rings. The molecule has 1 aromatic heterocycles. The fraction of sp³-hybridized carbons (Fsp3) is 0.208. The molecule has 0 saturated heterocycles. The highest BCUT2D eigenvalue weighted by atomic mass is 19.1. The van der Waals surface area contributed by atoms with E-state index in [0.29, 0.717) is 33.9 Å². The molecule has 7 nitrogen and oxygen atoms in total. The van der Waals surface area contributed by atoms with Gasteiger partial charge < -0.3 is 9.47 Å². The van der Waals surface area contributed by atoms with Crippen molar-refractivity contribution in [1.29, 1.82) is 0 Å². The van der Waals surface area contributed by atoms with E-state index in [4.69, 9.17) is 9.47 Å². The molecule has 8 heteroatoms. The molecule has 0 aliphatic carbocycles. The molecule has 0 spiro atoms. The summed E-state index contributed by atoms with van der Waals surface area (Å²) in [4.78, 5) is 26.8. The largest absolute Gasteiger partial charge is 0.497 e. The van der Waals surface area contributed by atoms with E-state index in [1.165, 1.54) is 31.5 Å². The zero-order valence-corrected chi connectivity index (χ0v) is 18.3. The van der Waals surface area contributed by atoms with Gasteiger partial charge in [0, 0.05) is 28.8 Å². The maximum Gasteiger partial charge on any atom is 0.261 e. The van der Waals surface area contributed by atoms with Gasteiger partial charge >= 0.3 is 0 Å². The molecule has 2 aromatic carbocycles. The maximum absolute atomic E-state index is 13.3. The summed E-state index contributed by atoms with van der Waals surface area (Å²) in [5.74, 6) is -0.123. The van der Waals surface area contributed by atoms with Crippen molar-refractivity contribution in [2.75, 3.05) is 14.2 Å². The van der Waals surface area contributed by atoms with Crippen molar-refractivity contribution in [2.45, 2.75) is 20.4 Å². The lowest BCUT2D eigenvalue weighted by atomic mass is 10.0. The number of amides is 2. The van der Waals surface area contributed by atoms with E-state index < -0.39 is 11.8 Å². The molecule has 0 saturated carbocycles. The molecule has 4 rings (SSSR count). The summed E-state index contributed by atoms with van der Waals surface area (Å²) in [5, 5.41) is 6.83. The SMILES string of the molecule is CC.COc1ccc(CN2C(=O)C=C(c3cn[nH]c3-c3ccc(F)cc3)C2=O)c(OC)c1. The van der Waals surface area contributed by atoms with Crippen LogP contribution in [-0.4, -0.2) is 41.1 Å². The number of H-pyrrole nitrogens is 1. The first-order chi connectivity index (χ1) is 15.5. The van der Waals surface area contributed by atoms with E-state index in [1.807, 2.05) is 13.8 Å². The smallest absolute Gasteiger partial charge is 0.261 e. The van der Waals surface area contributed by atoms with E-state index in [9.17, 15) is 14.0 Å². The first kappa shape index (κ1) is 22.7. The molecule has 3 aromatic rings.